The van der Waals surface area contributed by atoms with E-state index in [0.29, 0.717) is 0 Å². The minimum Gasteiger partial charge on any atom is -0.285 e. The molecule has 0 fully saturated rings. The van der Waals surface area contributed by atoms with Crippen LogP contribution < -0.4 is 0 Å². The van der Waals surface area contributed by atoms with Crippen LogP contribution in [0, 0.1) is 4.91 Å². The monoisotopic (exact) mass is 277 g/mol. The summed E-state index contributed by atoms with van der Waals surface area (Å²) >= 11 is 4.64. The summed E-state index contributed by atoms with van der Waals surface area (Å²) in [6, 6.07) is 3.85. The van der Waals surface area contributed by atoms with E-state index in [4.69, 9.17) is 0 Å². The zero-order chi connectivity index (χ0) is 13.7. The van der Waals surface area contributed by atoms with Crippen LogP contribution in [0.2, 0.25) is 0 Å². The van der Waals surface area contributed by atoms with Crippen LogP contribution in [0.3, 0.4) is 0 Å². The number of fused-ring (bicyclic) bond motifs is 1. The number of halogens is 1. The first kappa shape index (κ1) is 13.2. The molecule has 0 unspecified atom stereocenters. The Morgan fingerprint density at radius 3 is 2.95 bits per heavy atom. The average molecular weight is 278 g/mol. The molecule has 0 aliphatic carbocycles. The predicted molar refractivity (Wildman–Crippen MR) is 74.0 cm³/mol. The van der Waals surface area contributed by atoms with Crippen LogP contribution in [0.4, 0.5) is 0 Å². The molecule has 0 spiro atoms. The molecule has 7 heteroatoms. The first-order valence-corrected chi connectivity index (χ1v) is 6.27. The molecule has 3 aromatic heterocycles. The number of aromatic amines is 1. The summed E-state index contributed by atoms with van der Waals surface area (Å²) < 4.78 is 1.76. The fourth-order valence-corrected chi connectivity index (χ4v) is 1.94. The lowest BCUT2D eigenvalue weighted by Gasteiger charge is -2.06. The van der Waals surface area contributed by atoms with E-state index in [-0.39, 0.29) is 6.54 Å². The fraction of sp³-hybridized carbons (Fsp3) is 0.167. The van der Waals surface area contributed by atoms with Crippen LogP contribution in [-0.4, -0.2) is 26.2 Å². The fourth-order valence-electron chi connectivity index (χ4n) is 1.94. The van der Waals surface area contributed by atoms with E-state index in [1.807, 2.05) is 18.3 Å². The van der Waals surface area contributed by atoms with E-state index in [9.17, 15) is 4.91 Å². The highest BCUT2D eigenvalue weighted by molar-refractivity contribution is 6.15. The lowest BCUT2D eigenvalue weighted by Crippen LogP contribution is -1.96. The van der Waals surface area contributed by atoms with Gasteiger partial charge in [-0.1, -0.05) is 5.18 Å². The Bertz CT molecular complexity index is 662. The minimum atomic E-state index is 0.106. The number of nitrogens with one attached hydrogen (secondary N) is 1. The molecule has 1 N–H and O–H groups in total. The third-order valence-corrected chi connectivity index (χ3v) is 2.67. The summed E-state index contributed by atoms with van der Waals surface area (Å²) in [6.45, 7) is 0.106. The predicted octanol–water partition coefficient (Wildman–Crippen LogP) is 2.85. The second kappa shape index (κ2) is 6.10. The third kappa shape index (κ3) is 2.48. The van der Waals surface area contributed by atoms with E-state index in [0.717, 1.165) is 22.2 Å². The van der Waals surface area contributed by atoms with Crippen molar-refractivity contribution >= 4 is 17.1 Å². The Labute approximate surface area is 114 Å². The summed E-state index contributed by atoms with van der Waals surface area (Å²) in [5.41, 5.74) is 3.60. The number of hydrogen-bond acceptors (Lipinski definition) is 4. The number of aromatic nitrogens is 4. The minimum absolute atomic E-state index is 0.106. The molecular formula is C12H12ClN5O. The molecule has 0 atom stereocenters. The van der Waals surface area contributed by atoms with E-state index in [1.54, 1.807) is 23.1 Å². The van der Waals surface area contributed by atoms with Crippen molar-refractivity contribution in [3.63, 3.8) is 0 Å². The van der Waals surface area contributed by atoms with Crippen molar-refractivity contribution in [2.75, 3.05) is 6.38 Å². The smallest absolute Gasteiger partial charge is 0.108 e. The number of rotatable bonds is 3. The molecule has 98 valence electrons. The van der Waals surface area contributed by atoms with Gasteiger partial charge in [-0.2, -0.15) is 15.1 Å². The number of nitroso groups, excluding NO2 is 1. The lowest BCUT2D eigenvalue weighted by atomic mass is 10.0. The summed E-state index contributed by atoms with van der Waals surface area (Å²) in [6.07, 6.45) is 8.50. The maximum atomic E-state index is 10.5. The number of alkyl halides is 1. The SMILES string of the molecule is CCl.O=NCc1cnn2cccc2c1-c1cn[nH]c1. The van der Waals surface area contributed by atoms with Crippen LogP contribution in [0.5, 0.6) is 0 Å². The molecule has 0 amide bonds. The molecule has 3 rings (SSSR count). The largest absolute Gasteiger partial charge is 0.285 e. The van der Waals surface area contributed by atoms with Gasteiger partial charge in [0.25, 0.3) is 0 Å². The van der Waals surface area contributed by atoms with Gasteiger partial charge in [-0.05, 0) is 12.1 Å². The van der Waals surface area contributed by atoms with E-state index in [2.05, 4.69) is 32.1 Å². The number of H-pyrrole nitrogens is 1. The van der Waals surface area contributed by atoms with Gasteiger partial charge in [-0.15, -0.1) is 11.6 Å². The van der Waals surface area contributed by atoms with E-state index in [1.165, 1.54) is 6.38 Å². The maximum Gasteiger partial charge on any atom is 0.108 e. The standard InChI is InChI=1S/C11H9N5O.CH3Cl/c17-15-7-9-6-14-16-3-1-2-10(16)11(9)8-4-12-13-5-8;1-2/h1-6H,7H2,(H,12,13);1H3. The number of hydrogen-bond donors (Lipinski definition) is 1. The van der Waals surface area contributed by atoms with Crippen LogP contribution in [0.25, 0.3) is 16.6 Å². The quantitative estimate of drug-likeness (QED) is 0.591. The van der Waals surface area contributed by atoms with Crippen LogP contribution in [0.15, 0.2) is 42.1 Å². The summed E-state index contributed by atoms with van der Waals surface area (Å²) in [5.74, 6) is 0. The molecule has 0 radical (unpaired) electrons. The Kier molecular flexibility index (Phi) is 4.25. The molecule has 3 aromatic rings. The summed E-state index contributed by atoms with van der Waals surface area (Å²) in [7, 11) is 0. The zero-order valence-corrected chi connectivity index (χ0v) is 11.0. The second-order valence-electron chi connectivity index (χ2n) is 3.66. The molecule has 0 aromatic carbocycles. The van der Waals surface area contributed by atoms with Crippen LogP contribution in [0.1, 0.15) is 5.56 Å². The van der Waals surface area contributed by atoms with Gasteiger partial charge in [0.15, 0.2) is 0 Å². The van der Waals surface area contributed by atoms with Crippen molar-refractivity contribution < 1.29 is 0 Å². The van der Waals surface area contributed by atoms with Crippen molar-refractivity contribution in [1.29, 1.82) is 0 Å². The van der Waals surface area contributed by atoms with Gasteiger partial charge in [-0.3, -0.25) is 5.10 Å². The first-order valence-electron chi connectivity index (χ1n) is 5.51. The van der Waals surface area contributed by atoms with Crippen molar-refractivity contribution in [1.82, 2.24) is 19.8 Å². The molecule has 0 aliphatic rings. The molecule has 19 heavy (non-hydrogen) atoms. The maximum absolute atomic E-state index is 10.5. The first-order chi connectivity index (χ1) is 9.40. The Hall–Kier alpha value is -2.21. The molecule has 0 aliphatic heterocycles. The van der Waals surface area contributed by atoms with Crippen molar-refractivity contribution in [3.8, 4) is 11.1 Å². The van der Waals surface area contributed by atoms with Gasteiger partial charge in [0.2, 0.25) is 0 Å². The average Bonchev–Trinajstić information content (AvgIpc) is 3.12. The van der Waals surface area contributed by atoms with Crippen molar-refractivity contribution in [2.45, 2.75) is 6.54 Å². The Morgan fingerprint density at radius 2 is 2.26 bits per heavy atom. The van der Waals surface area contributed by atoms with Crippen LogP contribution >= 0.6 is 11.6 Å². The highest BCUT2D eigenvalue weighted by Crippen LogP contribution is 2.27. The molecule has 3 heterocycles. The van der Waals surface area contributed by atoms with Gasteiger partial charge in [0.05, 0.1) is 17.9 Å². The highest BCUT2D eigenvalue weighted by Gasteiger charge is 2.12. The highest BCUT2D eigenvalue weighted by atomic mass is 35.5. The second-order valence-corrected chi connectivity index (χ2v) is 3.66. The van der Waals surface area contributed by atoms with Gasteiger partial charge >= 0.3 is 0 Å². The normalized spacial score (nSPS) is 10.0. The molecule has 0 saturated carbocycles. The molecular weight excluding hydrogens is 266 g/mol. The Morgan fingerprint density at radius 1 is 1.42 bits per heavy atom. The topological polar surface area (TPSA) is 75.4 Å². The molecule has 0 bridgehead atoms. The van der Waals surface area contributed by atoms with Gasteiger partial charge in [-0.25, -0.2) is 4.52 Å². The lowest BCUT2D eigenvalue weighted by molar-refractivity contribution is 0.912. The van der Waals surface area contributed by atoms with Crippen molar-refractivity contribution in [3.05, 3.63) is 47.4 Å². The van der Waals surface area contributed by atoms with E-state index < -0.39 is 0 Å². The summed E-state index contributed by atoms with van der Waals surface area (Å²) in [5, 5.41) is 13.8. The zero-order valence-electron chi connectivity index (χ0n) is 10.2. The Balaban J connectivity index is 0.000000637. The number of nitrogens with zero attached hydrogens (tertiary/aromatic N) is 4. The van der Waals surface area contributed by atoms with Gasteiger partial charge < -0.3 is 0 Å². The van der Waals surface area contributed by atoms with E-state index >= 15 is 0 Å². The third-order valence-electron chi connectivity index (χ3n) is 2.67. The van der Waals surface area contributed by atoms with Crippen LogP contribution in [-0.2, 0) is 6.54 Å². The molecule has 0 saturated heterocycles. The summed E-state index contributed by atoms with van der Waals surface area (Å²) in [4.78, 5) is 10.5. The molecule has 6 nitrogen and oxygen atoms in total. The van der Waals surface area contributed by atoms with Gasteiger partial charge in [0.1, 0.15) is 6.54 Å². The van der Waals surface area contributed by atoms with Crippen molar-refractivity contribution in [2.24, 2.45) is 5.18 Å². The van der Waals surface area contributed by atoms with Gasteiger partial charge in [0, 0.05) is 35.5 Å².